The van der Waals surface area contributed by atoms with E-state index in [2.05, 4.69) is 8.37 Å². The van der Waals surface area contributed by atoms with Crippen molar-refractivity contribution in [1.29, 1.82) is 0 Å². The predicted molar refractivity (Wildman–Crippen MR) is 69.6 cm³/mol. The van der Waals surface area contributed by atoms with Crippen molar-refractivity contribution in [3.63, 3.8) is 0 Å². The summed E-state index contributed by atoms with van der Waals surface area (Å²) in [5, 5.41) is 0. The van der Waals surface area contributed by atoms with Crippen molar-refractivity contribution in [3.8, 4) is 11.5 Å². The van der Waals surface area contributed by atoms with E-state index in [0.29, 0.717) is 24.0 Å². The summed E-state index contributed by atoms with van der Waals surface area (Å²) in [4.78, 5) is 0. The van der Waals surface area contributed by atoms with Crippen LogP contribution in [0.2, 0.25) is 0 Å². The normalized spacial score (nSPS) is 12.2. The summed E-state index contributed by atoms with van der Waals surface area (Å²) < 4.78 is 69.2. The standard InChI is InChI=1S/C10H14O8S2/c1-3-7-5-6-9(17-19(11,12)13)10(8(7)4-2)18-20(14,15)16/h5-6H,3-4H2,1-2H3,(H,11,12,13)(H,14,15,16). The average Bonchev–Trinajstić information content (AvgIpc) is 2.27. The van der Waals surface area contributed by atoms with Crippen LogP contribution >= 0.6 is 0 Å². The SMILES string of the molecule is CCc1ccc(OS(=O)(=O)O)c(OS(=O)(=O)O)c1CC. The van der Waals surface area contributed by atoms with Gasteiger partial charge in [0.15, 0.2) is 11.5 Å². The maximum atomic E-state index is 10.9. The number of hydrogen-bond acceptors (Lipinski definition) is 6. The average molecular weight is 326 g/mol. The lowest BCUT2D eigenvalue weighted by molar-refractivity contribution is 0.359. The Hall–Kier alpha value is -1.36. The number of benzene rings is 1. The van der Waals surface area contributed by atoms with E-state index in [9.17, 15) is 16.8 Å². The van der Waals surface area contributed by atoms with Crippen molar-refractivity contribution in [2.45, 2.75) is 26.7 Å². The second-order valence-corrected chi connectivity index (χ2v) is 5.80. The topological polar surface area (TPSA) is 127 Å². The van der Waals surface area contributed by atoms with Crippen LogP contribution in [0.25, 0.3) is 0 Å². The van der Waals surface area contributed by atoms with Crippen LogP contribution in [-0.2, 0) is 33.6 Å². The van der Waals surface area contributed by atoms with Gasteiger partial charge in [0.05, 0.1) is 0 Å². The largest absolute Gasteiger partial charge is 0.446 e. The maximum absolute atomic E-state index is 10.9. The van der Waals surface area contributed by atoms with E-state index in [1.165, 1.54) is 6.07 Å². The van der Waals surface area contributed by atoms with Crippen LogP contribution in [0.1, 0.15) is 25.0 Å². The third kappa shape index (κ3) is 4.63. The van der Waals surface area contributed by atoms with Gasteiger partial charge in [-0.1, -0.05) is 19.9 Å². The van der Waals surface area contributed by atoms with E-state index in [1.807, 2.05) is 0 Å². The van der Waals surface area contributed by atoms with Crippen molar-refractivity contribution in [1.82, 2.24) is 0 Å². The second-order valence-electron chi connectivity index (χ2n) is 3.76. The zero-order chi connectivity index (χ0) is 15.6. The number of aryl methyl sites for hydroxylation is 1. The molecule has 0 aromatic heterocycles. The van der Waals surface area contributed by atoms with Crippen molar-refractivity contribution in [2.24, 2.45) is 0 Å². The number of rotatable bonds is 6. The Morgan fingerprint density at radius 2 is 1.50 bits per heavy atom. The maximum Gasteiger partial charge on any atom is 0.446 e. The van der Waals surface area contributed by atoms with Crippen LogP contribution in [0.4, 0.5) is 0 Å². The van der Waals surface area contributed by atoms with E-state index in [4.69, 9.17) is 9.11 Å². The minimum Gasteiger partial charge on any atom is -0.358 e. The highest BCUT2D eigenvalue weighted by Gasteiger charge is 2.22. The predicted octanol–water partition coefficient (Wildman–Crippen LogP) is 1.17. The molecule has 0 saturated carbocycles. The van der Waals surface area contributed by atoms with E-state index >= 15 is 0 Å². The molecule has 0 heterocycles. The Bertz CT molecular complexity index is 690. The van der Waals surface area contributed by atoms with Crippen LogP contribution in [-0.4, -0.2) is 25.9 Å². The summed E-state index contributed by atoms with van der Waals surface area (Å²) in [5.41, 5.74) is 1.04. The molecule has 0 amide bonds. The van der Waals surface area contributed by atoms with Crippen LogP contribution < -0.4 is 8.37 Å². The minimum absolute atomic E-state index is 0.302. The molecule has 1 aromatic rings. The smallest absolute Gasteiger partial charge is 0.358 e. The molecule has 0 spiro atoms. The summed E-state index contributed by atoms with van der Waals surface area (Å²) in [5.74, 6) is -0.994. The Morgan fingerprint density at radius 3 is 1.90 bits per heavy atom. The molecule has 114 valence electrons. The quantitative estimate of drug-likeness (QED) is 0.746. The first-order chi connectivity index (χ1) is 9.07. The summed E-state index contributed by atoms with van der Waals surface area (Å²) in [6, 6.07) is 2.64. The zero-order valence-electron chi connectivity index (χ0n) is 10.7. The van der Waals surface area contributed by atoms with Gasteiger partial charge >= 0.3 is 20.8 Å². The highest BCUT2D eigenvalue weighted by molar-refractivity contribution is 7.81. The molecule has 0 bridgehead atoms. The first-order valence-electron chi connectivity index (χ1n) is 5.56. The highest BCUT2D eigenvalue weighted by atomic mass is 32.3. The monoisotopic (exact) mass is 326 g/mol. The van der Waals surface area contributed by atoms with E-state index in [-0.39, 0.29) is 0 Å². The molecule has 0 unspecified atom stereocenters. The third-order valence-corrected chi connectivity index (χ3v) is 3.21. The van der Waals surface area contributed by atoms with Crippen LogP contribution in [0.5, 0.6) is 11.5 Å². The van der Waals surface area contributed by atoms with Gasteiger partial charge in [-0.15, -0.1) is 0 Å². The first kappa shape index (κ1) is 16.7. The molecule has 1 rings (SSSR count). The summed E-state index contributed by atoms with van der Waals surface area (Å²) in [6.45, 7) is 3.48. The Morgan fingerprint density at radius 1 is 0.950 bits per heavy atom. The Labute approximate surface area is 117 Å². The molecule has 0 atom stereocenters. The summed E-state index contributed by atoms with van der Waals surface area (Å²) in [6.07, 6.45) is 0.827. The molecule has 10 heteroatoms. The lowest BCUT2D eigenvalue weighted by atomic mass is 10.0. The first-order valence-corrected chi connectivity index (χ1v) is 8.29. The van der Waals surface area contributed by atoms with Crippen LogP contribution in [0.3, 0.4) is 0 Å². The molecular weight excluding hydrogens is 312 g/mol. The number of hydrogen-bond donors (Lipinski definition) is 2. The second kappa shape index (κ2) is 5.95. The fourth-order valence-corrected chi connectivity index (χ4v) is 2.49. The van der Waals surface area contributed by atoms with Crippen molar-refractivity contribution in [2.75, 3.05) is 0 Å². The molecule has 0 radical (unpaired) electrons. The molecule has 1 aromatic carbocycles. The lowest BCUT2D eigenvalue weighted by Gasteiger charge is -2.15. The van der Waals surface area contributed by atoms with Crippen molar-refractivity contribution in [3.05, 3.63) is 23.3 Å². The molecule has 0 aliphatic heterocycles. The molecular formula is C10H14O8S2. The molecule has 0 fully saturated rings. The third-order valence-electron chi connectivity index (χ3n) is 2.44. The molecule has 0 saturated heterocycles. The molecule has 0 aliphatic rings. The van der Waals surface area contributed by atoms with Gasteiger partial charge in [-0.05, 0) is 24.5 Å². The molecule has 0 aliphatic carbocycles. The van der Waals surface area contributed by atoms with Crippen molar-refractivity contribution < 1.29 is 34.3 Å². The summed E-state index contributed by atoms with van der Waals surface area (Å²) >= 11 is 0. The van der Waals surface area contributed by atoms with Crippen LogP contribution in [0.15, 0.2) is 12.1 Å². The molecule has 8 nitrogen and oxygen atoms in total. The fraction of sp³-hybridized carbons (Fsp3) is 0.400. The van der Waals surface area contributed by atoms with Gasteiger partial charge in [0, 0.05) is 5.56 Å². The Kier molecular flexibility index (Phi) is 4.97. The van der Waals surface area contributed by atoms with E-state index in [1.54, 1.807) is 13.8 Å². The minimum atomic E-state index is -4.87. The van der Waals surface area contributed by atoms with Gasteiger partial charge in [0.25, 0.3) is 0 Å². The highest BCUT2D eigenvalue weighted by Crippen LogP contribution is 2.36. The fourth-order valence-electron chi connectivity index (χ4n) is 1.74. The van der Waals surface area contributed by atoms with Crippen LogP contribution in [0, 0.1) is 0 Å². The summed E-state index contributed by atoms with van der Waals surface area (Å²) in [7, 11) is -9.73. The molecule has 2 N–H and O–H groups in total. The van der Waals surface area contributed by atoms with Gasteiger partial charge in [0.2, 0.25) is 0 Å². The zero-order valence-corrected chi connectivity index (χ0v) is 12.4. The van der Waals surface area contributed by atoms with Gasteiger partial charge in [-0.3, -0.25) is 9.11 Å². The van der Waals surface area contributed by atoms with Gasteiger partial charge in [-0.2, -0.15) is 16.8 Å². The van der Waals surface area contributed by atoms with Gasteiger partial charge in [-0.25, -0.2) is 0 Å². The lowest BCUT2D eigenvalue weighted by Crippen LogP contribution is -2.13. The Balaban J connectivity index is 3.51. The van der Waals surface area contributed by atoms with Gasteiger partial charge in [0.1, 0.15) is 0 Å². The molecule has 20 heavy (non-hydrogen) atoms. The van der Waals surface area contributed by atoms with Crippen molar-refractivity contribution >= 4 is 20.8 Å². The van der Waals surface area contributed by atoms with E-state index in [0.717, 1.165) is 6.07 Å². The van der Waals surface area contributed by atoms with Gasteiger partial charge < -0.3 is 8.37 Å². The van der Waals surface area contributed by atoms with E-state index < -0.39 is 32.3 Å².